The Labute approximate surface area is 192 Å². The lowest BCUT2D eigenvalue weighted by Crippen LogP contribution is -2.28. The third-order valence-corrected chi connectivity index (χ3v) is 6.07. The van der Waals surface area contributed by atoms with E-state index in [9.17, 15) is 4.79 Å². The molecule has 0 radical (unpaired) electrons. The van der Waals surface area contributed by atoms with Gasteiger partial charge in [0.2, 0.25) is 0 Å². The van der Waals surface area contributed by atoms with E-state index in [1.54, 1.807) is 11.3 Å². The maximum Gasteiger partial charge on any atom is 0.258 e. The zero-order valence-corrected chi connectivity index (χ0v) is 19.1. The third-order valence-electron chi connectivity index (χ3n) is 5.18. The molecule has 0 fully saturated rings. The van der Waals surface area contributed by atoms with E-state index in [0.717, 1.165) is 27.4 Å². The van der Waals surface area contributed by atoms with Crippen molar-refractivity contribution in [2.75, 3.05) is 6.61 Å². The average Bonchev–Trinajstić information content (AvgIpc) is 3.33. The van der Waals surface area contributed by atoms with Gasteiger partial charge in [-0.3, -0.25) is 4.79 Å². The zero-order valence-electron chi connectivity index (χ0n) is 18.2. The lowest BCUT2D eigenvalue weighted by atomic mass is 10.0. The van der Waals surface area contributed by atoms with E-state index in [-0.39, 0.29) is 12.5 Å². The molecule has 0 bridgehead atoms. The first-order chi connectivity index (χ1) is 15.6. The van der Waals surface area contributed by atoms with Gasteiger partial charge in [-0.15, -0.1) is 11.3 Å². The van der Waals surface area contributed by atoms with E-state index in [2.05, 4.69) is 36.7 Å². The maximum atomic E-state index is 12.1. The van der Waals surface area contributed by atoms with Crippen LogP contribution in [0.4, 0.5) is 0 Å². The largest absolute Gasteiger partial charge is 0.484 e. The number of amides is 1. The molecular formula is C27H26N2O2S. The number of nitrogens with one attached hydrogen (secondary N) is 1. The molecule has 0 atom stereocenters. The Kier molecular flexibility index (Phi) is 6.97. The molecule has 162 valence electrons. The minimum atomic E-state index is -0.144. The Morgan fingerprint density at radius 2 is 1.66 bits per heavy atom. The van der Waals surface area contributed by atoms with Crippen LogP contribution in [-0.2, 0) is 11.3 Å². The van der Waals surface area contributed by atoms with Crippen LogP contribution in [0, 0.1) is 0 Å². The lowest BCUT2D eigenvalue weighted by molar-refractivity contribution is -0.123. The topological polar surface area (TPSA) is 51.2 Å². The van der Waals surface area contributed by atoms with Gasteiger partial charge in [-0.1, -0.05) is 80.6 Å². The summed E-state index contributed by atoms with van der Waals surface area (Å²) in [5.41, 5.74) is 5.43. The second-order valence-electron chi connectivity index (χ2n) is 7.89. The van der Waals surface area contributed by atoms with Crippen LogP contribution in [0.2, 0.25) is 0 Å². The quantitative estimate of drug-likeness (QED) is 0.349. The first kappa shape index (κ1) is 21.8. The standard InChI is InChI=1S/C27H26N2O2S/c1-19(2)21-12-14-24(15-13-21)31-17-26(30)28-16-20-8-10-22(11-9-20)25-18-32-27(29-25)23-6-4-3-5-7-23/h3-15,18-19H,16-17H2,1-2H3,(H,28,30). The molecule has 4 nitrogen and oxygen atoms in total. The number of rotatable bonds is 8. The van der Waals surface area contributed by atoms with Crippen molar-refractivity contribution in [3.8, 4) is 27.6 Å². The summed E-state index contributed by atoms with van der Waals surface area (Å²) in [5.74, 6) is 1.03. The number of carbonyl (C=O) groups is 1. The molecule has 4 aromatic rings. The fourth-order valence-electron chi connectivity index (χ4n) is 3.26. The first-order valence-electron chi connectivity index (χ1n) is 10.7. The minimum absolute atomic E-state index is 0.000194. The van der Waals surface area contributed by atoms with E-state index in [0.29, 0.717) is 18.2 Å². The van der Waals surface area contributed by atoms with Gasteiger partial charge in [-0.25, -0.2) is 4.98 Å². The number of thiazole rings is 1. The van der Waals surface area contributed by atoms with Crippen LogP contribution in [0.1, 0.15) is 30.9 Å². The molecule has 4 rings (SSSR count). The number of hydrogen-bond donors (Lipinski definition) is 1. The Hall–Kier alpha value is -3.44. The van der Waals surface area contributed by atoms with E-state index in [1.807, 2.05) is 66.7 Å². The molecule has 0 spiro atoms. The summed E-state index contributed by atoms with van der Waals surface area (Å²) < 4.78 is 5.59. The number of aromatic nitrogens is 1. The van der Waals surface area contributed by atoms with E-state index in [1.165, 1.54) is 5.56 Å². The fourth-order valence-corrected chi connectivity index (χ4v) is 4.10. The second kappa shape index (κ2) is 10.2. The van der Waals surface area contributed by atoms with Crippen molar-refractivity contribution in [3.63, 3.8) is 0 Å². The molecule has 0 unspecified atom stereocenters. The van der Waals surface area contributed by atoms with Crippen LogP contribution in [0.3, 0.4) is 0 Å². The van der Waals surface area contributed by atoms with Gasteiger partial charge in [-0.05, 0) is 29.2 Å². The highest BCUT2D eigenvalue weighted by Crippen LogP contribution is 2.28. The summed E-state index contributed by atoms with van der Waals surface area (Å²) in [4.78, 5) is 16.9. The van der Waals surface area contributed by atoms with Crippen molar-refractivity contribution in [1.29, 1.82) is 0 Å². The predicted molar refractivity (Wildman–Crippen MR) is 131 cm³/mol. The smallest absolute Gasteiger partial charge is 0.258 e. The number of benzene rings is 3. The first-order valence-corrected chi connectivity index (χ1v) is 11.6. The van der Waals surface area contributed by atoms with Gasteiger partial charge < -0.3 is 10.1 Å². The monoisotopic (exact) mass is 442 g/mol. The van der Waals surface area contributed by atoms with Gasteiger partial charge in [0, 0.05) is 23.1 Å². The van der Waals surface area contributed by atoms with E-state index >= 15 is 0 Å². The van der Waals surface area contributed by atoms with Gasteiger partial charge in [0.15, 0.2) is 6.61 Å². The van der Waals surface area contributed by atoms with Gasteiger partial charge >= 0.3 is 0 Å². The molecule has 0 aliphatic carbocycles. The van der Waals surface area contributed by atoms with Crippen molar-refractivity contribution >= 4 is 17.2 Å². The molecule has 32 heavy (non-hydrogen) atoms. The molecule has 0 saturated carbocycles. The number of hydrogen-bond acceptors (Lipinski definition) is 4. The minimum Gasteiger partial charge on any atom is -0.484 e. The van der Waals surface area contributed by atoms with Crippen molar-refractivity contribution in [2.45, 2.75) is 26.3 Å². The summed E-state index contributed by atoms with van der Waals surface area (Å²) in [6.07, 6.45) is 0. The summed E-state index contributed by atoms with van der Waals surface area (Å²) >= 11 is 1.64. The van der Waals surface area contributed by atoms with E-state index in [4.69, 9.17) is 9.72 Å². The van der Waals surface area contributed by atoms with Gasteiger partial charge in [0.1, 0.15) is 10.8 Å². The molecule has 0 aliphatic heterocycles. The summed E-state index contributed by atoms with van der Waals surface area (Å²) in [5, 5.41) is 5.99. The number of carbonyl (C=O) groups excluding carboxylic acids is 1. The van der Waals surface area contributed by atoms with Crippen molar-refractivity contribution in [3.05, 3.63) is 95.4 Å². The SMILES string of the molecule is CC(C)c1ccc(OCC(=O)NCc2ccc(-c3csc(-c4ccccc4)n3)cc2)cc1. The molecule has 1 amide bonds. The molecular weight excluding hydrogens is 416 g/mol. The van der Waals surface area contributed by atoms with Crippen LogP contribution in [-0.4, -0.2) is 17.5 Å². The van der Waals surface area contributed by atoms with Crippen molar-refractivity contribution in [2.24, 2.45) is 0 Å². The Morgan fingerprint density at radius 1 is 0.938 bits per heavy atom. The Bertz CT molecular complexity index is 1150. The average molecular weight is 443 g/mol. The van der Waals surface area contributed by atoms with Crippen LogP contribution < -0.4 is 10.1 Å². The predicted octanol–water partition coefficient (Wildman–Crippen LogP) is 6.30. The lowest BCUT2D eigenvalue weighted by Gasteiger charge is -2.10. The third kappa shape index (κ3) is 5.62. The summed E-state index contributed by atoms with van der Waals surface area (Å²) in [6.45, 7) is 4.75. The van der Waals surface area contributed by atoms with Crippen LogP contribution >= 0.6 is 11.3 Å². The highest BCUT2D eigenvalue weighted by molar-refractivity contribution is 7.13. The normalized spacial score (nSPS) is 10.8. The molecule has 3 aromatic carbocycles. The molecule has 0 aliphatic rings. The van der Waals surface area contributed by atoms with Crippen LogP contribution in [0.15, 0.2) is 84.2 Å². The fraction of sp³-hybridized carbons (Fsp3) is 0.185. The molecule has 1 N–H and O–H groups in total. The highest BCUT2D eigenvalue weighted by Gasteiger charge is 2.08. The van der Waals surface area contributed by atoms with Crippen molar-refractivity contribution < 1.29 is 9.53 Å². The molecule has 0 saturated heterocycles. The summed E-state index contributed by atoms with van der Waals surface area (Å²) in [7, 11) is 0. The van der Waals surface area contributed by atoms with Crippen molar-refractivity contribution in [1.82, 2.24) is 10.3 Å². The van der Waals surface area contributed by atoms with E-state index < -0.39 is 0 Å². The zero-order chi connectivity index (χ0) is 22.3. The van der Waals surface area contributed by atoms with Gasteiger partial charge in [0.05, 0.1) is 5.69 Å². The second-order valence-corrected chi connectivity index (χ2v) is 8.75. The molecule has 1 aromatic heterocycles. The van der Waals surface area contributed by atoms with Crippen LogP contribution in [0.5, 0.6) is 5.75 Å². The Morgan fingerprint density at radius 3 is 2.34 bits per heavy atom. The molecule has 1 heterocycles. The van der Waals surface area contributed by atoms with Gasteiger partial charge in [-0.2, -0.15) is 0 Å². The Balaban J connectivity index is 1.27. The number of nitrogens with zero attached hydrogens (tertiary/aromatic N) is 1. The summed E-state index contributed by atoms with van der Waals surface area (Å²) in [6, 6.07) is 26.2. The highest BCUT2D eigenvalue weighted by atomic mass is 32.1. The van der Waals surface area contributed by atoms with Crippen LogP contribution in [0.25, 0.3) is 21.8 Å². The molecule has 5 heteroatoms. The van der Waals surface area contributed by atoms with Gasteiger partial charge in [0.25, 0.3) is 5.91 Å². The number of ether oxygens (including phenoxy) is 1. The maximum absolute atomic E-state index is 12.1.